The summed E-state index contributed by atoms with van der Waals surface area (Å²) >= 11 is 1.48. The molecule has 90 valence electrons. The molecule has 0 fully saturated rings. The van der Waals surface area contributed by atoms with Crippen molar-refractivity contribution in [2.45, 2.75) is 26.3 Å². The third-order valence-electron chi connectivity index (χ3n) is 2.20. The fraction of sp³-hybridized carbons (Fsp3) is 0.385. The molecule has 0 saturated carbocycles. The third kappa shape index (κ3) is 3.50. The van der Waals surface area contributed by atoms with Crippen LogP contribution in [0.2, 0.25) is 0 Å². The summed E-state index contributed by atoms with van der Waals surface area (Å²) in [6, 6.07) is 9.99. The Morgan fingerprint density at radius 3 is 2.29 bits per heavy atom. The molecule has 17 heavy (non-hydrogen) atoms. The molecule has 0 N–H and O–H groups in total. The molecule has 4 heteroatoms. The maximum absolute atomic E-state index is 8.75. The number of hydrogen-bond acceptors (Lipinski definition) is 3. The number of nitrogens with zero attached hydrogens (tertiary/aromatic N) is 3. The molecule has 0 aliphatic carbocycles. The van der Waals surface area contributed by atoms with Gasteiger partial charge in [0.15, 0.2) is 5.17 Å². The van der Waals surface area contributed by atoms with E-state index in [1.54, 1.807) is 0 Å². The summed E-state index contributed by atoms with van der Waals surface area (Å²) in [7, 11) is 0. The molecule has 1 rings (SSSR count). The number of benzene rings is 1. The molecule has 0 aromatic heterocycles. The van der Waals surface area contributed by atoms with Crippen LogP contribution in [0.25, 0.3) is 0 Å². The molecule has 1 aromatic rings. The highest BCUT2D eigenvalue weighted by Crippen LogP contribution is 2.26. The molecule has 0 aliphatic heterocycles. The Bertz CT molecular complexity index is 426. The van der Waals surface area contributed by atoms with Crippen LogP contribution in [0, 0.1) is 11.5 Å². The first-order chi connectivity index (χ1) is 8.00. The van der Waals surface area contributed by atoms with Crippen molar-refractivity contribution in [2.24, 2.45) is 4.99 Å². The van der Waals surface area contributed by atoms with Crippen molar-refractivity contribution in [2.75, 3.05) is 11.2 Å². The smallest absolute Gasteiger partial charge is 0.208 e. The lowest BCUT2D eigenvalue weighted by molar-refractivity contribution is 0.574. The molecule has 0 saturated heterocycles. The molecule has 0 aliphatic rings. The van der Waals surface area contributed by atoms with Gasteiger partial charge in [0.05, 0.1) is 0 Å². The number of rotatable bonds is 1. The molecule has 0 spiro atoms. The van der Waals surface area contributed by atoms with Gasteiger partial charge in [-0.15, -0.1) is 4.99 Å². The second-order valence-corrected chi connectivity index (χ2v) is 5.31. The van der Waals surface area contributed by atoms with Crippen molar-refractivity contribution in [1.82, 2.24) is 0 Å². The molecule has 0 unspecified atom stereocenters. The van der Waals surface area contributed by atoms with Crippen molar-refractivity contribution in [3.8, 4) is 6.19 Å². The van der Waals surface area contributed by atoms with Crippen LogP contribution in [0.5, 0.6) is 0 Å². The van der Waals surface area contributed by atoms with Gasteiger partial charge >= 0.3 is 0 Å². The van der Waals surface area contributed by atoms with E-state index in [1.807, 2.05) is 42.8 Å². The highest BCUT2D eigenvalue weighted by atomic mass is 32.2. The summed E-state index contributed by atoms with van der Waals surface area (Å²) in [5.41, 5.74) is 0.920. The van der Waals surface area contributed by atoms with Crippen LogP contribution in [0.3, 0.4) is 0 Å². The Hall–Kier alpha value is -1.47. The Morgan fingerprint density at radius 2 is 1.88 bits per heavy atom. The van der Waals surface area contributed by atoms with Crippen molar-refractivity contribution in [3.05, 3.63) is 30.3 Å². The number of aliphatic imine (C=N–C) groups is 1. The summed E-state index contributed by atoms with van der Waals surface area (Å²) in [6.45, 7) is 6.30. The van der Waals surface area contributed by atoms with Gasteiger partial charge in [-0.05, 0) is 39.2 Å². The van der Waals surface area contributed by atoms with Crippen LogP contribution in [-0.2, 0) is 0 Å². The monoisotopic (exact) mass is 247 g/mol. The van der Waals surface area contributed by atoms with E-state index in [9.17, 15) is 0 Å². The van der Waals surface area contributed by atoms with Crippen LogP contribution in [0.1, 0.15) is 20.8 Å². The quantitative estimate of drug-likeness (QED) is 0.433. The van der Waals surface area contributed by atoms with Crippen molar-refractivity contribution < 1.29 is 0 Å². The molecular weight excluding hydrogens is 230 g/mol. The highest BCUT2D eigenvalue weighted by Gasteiger charge is 2.26. The zero-order valence-corrected chi connectivity index (χ0v) is 11.5. The second-order valence-electron chi connectivity index (χ2n) is 4.54. The average molecular weight is 247 g/mol. The Balaban J connectivity index is 3.24. The van der Waals surface area contributed by atoms with Crippen LogP contribution in [0.15, 0.2) is 35.3 Å². The van der Waals surface area contributed by atoms with E-state index in [4.69, 9.17) is 5.26 Å². The largest absolute Gasteiger partial charge is 0.315 e. The SMILES string of the molecule is CSC(=NC#N)N(c1ccccc1)C(C)(C)C. The minimum Gasteiger partial charge on any atom is -0.315 e. The maximum atomic E-state index is 8.75. The minimum atomic E-state index is -0.125. The molecule has 0 heterocycles. The van der Waals surface area contributed by atoms with Crippen molar-refractivity contribution in [1.29, 1.82) is 5.26 Å². The number of nitriles is 1. The number of hydrogen-bond donors (Lipinski definition) is 0. The molecule has 0 bridgehead atoms. The molecule has 0 atom stereocenters. The topological polar surface area (TPSA) is 39.4 Å². The van der Waals surface area contributed by atoms with Crippen LogP contribution in [-0.4, -0.2) is 17.0 Å². The zero-order valence-electron chi connectivity index (χ0n) is 10.6. The van der Waals surface area contributed by atoms with Gasteiger partial charge in [-0.25, -0.2) is 0 Å². The highest BCUT2D eigenvalue weighted by molar-refractivity contribution is 8.13. The van der Waals surface area contributed by atoms with E-state index in [-0.39, 0.29) is 5.54 Å². The summed E-state index contributed by atoms with van der Waals surface area (Å²) in [5.74, 6) is 0. The van der Waals surface area contributed by atoms with Gasteiger partial charge < -0.3 is 4.90 Å². The van der Waals surface area contributed by atoms with Crippen LogP contribution in [0.4, 0.5) is 5.69 Å². The average Bonchev–Trinajstić information content (AvgIpc) is 2.28. The van der Waals surface area contributed by atoms with Crippen molar-refractivity contribution in [3.63, 3.8) is 0 Å². The number of thioether (sulfide) groups is 1. The van der Waals surface area contributed by atoms with Crippen LogP contribution >= 0.6 is 11.8 Å². The van der Waals surface area contributed by atoms with Gasteiger partial charge in [0, 0.05) is 11.2 Å². The van der Waals surface area contributed by atoms with E-state index in [0.717, 1.165) is 5.69 Å². The molecule has 0 radical (unpaired) electrons. The van der Waals surface area contributed by atoms with E-state index in [1.165, 1.54) is 11.8 Å². The normalized spacial score (nSPS) is 12.1. The van der Waals surface area contributed by atoms with Crippen LogP contribution < -0.4 is 4.90 Å². The first-order valence-electron chi connectivity index (χ1n) is 5.36. The lowest BCUT2D eigenvalue weighted by Gasteiger charge is -2.37. The summed E-state index contributed by atoms with van der Waals surface area (Å²) < 4.78 is 0. The van der Waals surface area contributed by atoms with Gasteiger partial charge in [-0.2, -0.15) is 5.26 Å². The number of para-hydroxylation sites is 1. The fourth-order valence-electron chi connectivity index (χ4n) is 1.59. The lowest BCUT2D eigenvalue weighted by atomic mass is 10.1. The molecule has 0 amide bonds. The fourth-order valence-corrected chi connectivity index (χ4v) is 2.29. The number of amidine groups is 1. The first-order valence-corrected chi connectivity index (χ1v) is 6.59. The van der Waals surface area contributed by atoms with Gasteiger partial charge in [0.1, 0.15) is 0 Å². The second kappa shape index (κ2) is 5.74. The van der Waals surface area contributed by atoms with Gasteiger partial charge in [0.25, 0.3) is 0 Å². The van der Waals surface area contributed by atoms with Gasteiger partial charge in [-0.3, -0.25) is 0 Å². The summed E-state index contributed by atoms with van der Waals surface area (Å²) in [6.07, 6.45) is 3.79. The Kier molecular flexibility index (Phi) is 4.59. The minimum absolute atomic E-state index is 0.125. The van der Waals surface area contributed by atoms with E-state index in [2.05, 4.69) is 30.7 Å². The summed E-state index contributed by atoms with van der Waals surface area (Å²) in [4.78, 5) is 5.97. The van der Waals surface area contributed by atoms with Crippen molar-refractivity contribution >= 4 is 22.6 Å². The maximum Gasteiger partial charge on any atom is 0.208 e. The Labute approximate surface area is 107 Å². The first kappa shape index (κ1) is 13.6. The molecule has 1 aromatic carbocycles. The molecule has 3 nitrogen and oxygen atoms in total. The predicted molar refractivity (Wildman–Crippen MR) is 75.2 cm³/mol. The van der Waals surface area contributed by atoms with Gasteiger partial charge in [-0.1, -0.05) is 30.0 Å². The standard InChI is InChI=1S/C13H17N3S/c1-13(2,3)16(12(17-4)15-10-14)11-8-6-5-7-9-11/h5-9H,1-4H3. The van der Waals surface area contributed by atoms with Gasteiger partial charge in [0.2, 0.25) is 6.19 Å². The summed E-state index contributed by atoms with van der Waals surface area (Å²) in [5, 5.41) is 9.47. The van der Waals surface area contributed by atoms with E-state index in [0.29, 0.717) is 5.17 Å². The third-order valence-corrected chi connectivity index (χ3v) is 2.84. The lowest BCUT2D eigenvalue weighted by Crippen LogP contribution is -2.44. The van der Waals surface area contributed by atoms with E-state index < -0.39 is 0 Å². The predicted octanol–water partition coefficient (Wildman–Crippen LogP) is 3.49. The Morgan fingerprint density at radius 1 is 1.29 bits per heavy atom. The molecular formula is C13H17N3S. The number of anilines is 1. The zero-order chi connectivity index (χ0) is 12.9. The van der Waals surface area contributed by atoms with E-state index >= 15 is 0 Å².